The number of benzene rings is 1. The number of hydrogen-bond acceptors (Lipinski definition) is 1. The van der Waals surface area contributed by atoms with E-state index >= 15 is 0 Å². The van der Waals surface area contributed by atoms with Crippen molar-refractivity contribution in [2.75, 3.05) is 19.6 Å². The summed E-state index contributed by atoms with van der Waals surface area (Å²) in [4.78, 5) is 13.6. The first-order valence-corrected chi connectivity index (χ1v) is 8.29. The molecule has 116 valence electrons. The van der Waals surface area contributed by atoms with Gasteiger partial charge in [0.25, 0.3) is 5.91 Å². The molecule has 1 unspecified atom stereocenters. The molecule has 1 aliphatic heterocycles. The van der Waals surface area contributed by atoms with Gasteiger partial charge in [0, 0.05) is 16.0 Å². The number of likely N-dealkylation sites (tertiary alicyclic amines) is 1. The van der Waals surface area contributed by atoms with E-state index in [1.165, 1.54) is 17.7 Å². The van der Waals surface area contributed by atoms with Gasteiger partial charge in [-0.3, -0.25) is 4.79 Å². The molecular formula is C16H23Cl2N2O+. The second-order valence-electron chi connectivity index (χ2n) is 6.08. The molecule has 0 spiro atoms. The summed E-state index contributed by atoms with van der Waals surface area (Å²) in [6.07, 6.45) is 2.49. The summed E-state index contributed by atoms with van der Waals surface area (Å²) in [7, 11) is 0. The number of quaternary nitrogens is 1. The fourth-order valence-electron chi connectivity index (χ4n) is 3.01. The maximum atomic E-state index is 12.2. The van der Waals surface area contributed by atoms with Gasteiger partial charge in [0.2, 0.25) is 0 Å². The lowest BCUT2D eigenvalue weighted by molar-refractivity contribution is -0.900. The van der Waals surface area contributed by atoms with E-state index < -0.39 is 0 Å². The Morgan fingerprint density at radius 3 is 2.90 bits per heavy atom. The fourth-order valence-corrected chi connectivity index (χ4v) is 3.58. The highest BCUT2D eigenvalue weighted by Gasteiger charge is 2.23. The molecule has 0 bridgehead atoms. The topological polar surface area (TPSA) is 33.5 Å². The van der Waals surface area contributed by atoms with Gasteiger partial charge in [0.15, 0.2) is 6.54 Å². The van der Waals surface area contributed by atoms with Gasteiger partial charge in [0.05, 0.1) is 19.1 Å². The maximum Gasteiger partial charge on any atom is 0.275 e. The van der Waals surface area contributed by atoms with Crippen LogP contribution in [-0.4, -0.2) is 25.5 Å². The van der Waals surface area contributed by atoms with E-state index in [0.29, 0.717) is 22.5 Å². The summed E-state index contributed by atoms with van der Waals surface area (Å²) in [6, 6.07) is 5.26. The molecule has 1 amide bonds. The zero-order valence-electron chi connectivity index (χ0n) is 12.6. The number of rotatable bonds is 4. The van der Waals surface area contributed by atoms with Crippen LogP contribution < -0.4 is 10.2 Å². The Kier molecular flexibility index (Phi) is 5.91. The Morgan fingerprint density at radius 1 is 1.48 bits per heavy atom. The van der Waals surface area contributed by atoms with Crippen LogP contribution in [-0.2, 0) is 4.79 Å². The van der Waals surface area contributed by atoms with Gasteiger partial charge >= 0.3 is 0 Å². The summed E-state index contributed by atoms with van der Waals surface area (Å²) >= 11 is 12.1. The Labute approximate surface area is 136 Å². The van der Waals surface area contributed by atoms with Crippen LogP contribution >= 0.6 is 23.2 Å². The normalized spacial score (nSPS) is 23.6. The summed E-state index contributed by atoms with van der Waals surface area (Å²) in [5, 5.41) is 4.23. The molecule has 0 aliphatic carbocycles. The molecule has 0 aromatic heterocycles. The molecule has 5 heteroatoms. The number of hydrogen-bond donors (Lipinski definition) is 2. The van der Waals surface area contributed by atoms with Crippen LogP contribution in [0.5, 0.6) is 0 Å². The summed E-state index contributed by atoms with van der Waals surface area (Å²) in [5.74, 6) is 0.794. The van der Waals surface area contributed by atoms with Crippen molar-refractivity contribution in [3.05, 3.63) is 33.8 Å². The van der Waals surface area contributed by atoms with Gasteiger partial charge in [-0.15, -0.1) is 0 Å². The molecule has 1 aromatic carbocycles. The lowest BCUT2D eigenvalue weighted by atomic mass is 10.0. The minimum absolute atomic E-state index is 0.0811. The molecule has 0 saturated carbocycles. The molecular weight excluding hydrogens is 307 g/mol. The molecule has 2 N–H and O–H groups in total. The molecule has 2 rings (SSSR count). The zero-order chi connectivity index (χ0) is 15.4. The van der Waals surface area contributed by atoms with Crippen LogP contribution in [0.15, 0.2) is 18.2 Å². The van der Waals surface area contributed by atoms with Crippen LogP contribution in [0.4, 0.5) is 0 Å². The second kappa shape index (κ2) is 7.48. The van der Waals surface area contributed by atoms with E-state index in [1.807, 2.05) is 13.0 Å². The second-order valence-corrected chi connectivity index (χ2v) is 6.93. The fraction of sp³-hybridized carbons (Fsp3) is 0.562. The summed E-state index contributed by atoms with van der Waals surface area (Å²) in [5.41, 5.74) is 0.899. The molecule has 3 nitrogen and oxygen atoms in total. The SMILES string of the molecule is C[C@H]1CCC[NH+](CC(=O)N[C@@H](C)c2ccc(Cl)cc2Cl)C1. The van der Waals surface area contributed by atoms with Crippen molar-refractivity contribution in [2.24, 2.45) is 5.92 Å². The van der Waals surface area contributed by atoms with Crippen LogP contribution in [0.25, 0.3) is 0 Å². The van der Waals surface area contributed by atoms with Crippen molar-refractivity contribution in [1.29, 1.82) is 0 Å². The average Bonchev–Trinajstić information content (AvgIpc) is 2.38. The summed E-state index contributed by atoms with van der Waals surface area (Å²) in [6.45, 7) is 6.92. The Hall–Kier alpha value is -0.770. The van der Waals surface area contributed by atoms with E-state index in [0.717, 1.165) is 18.7 Å². The van der Waals surface area contributed by atoms with Crippen LogP contribution in [0.2, 0.25) is 10.0 Å². The minimum Gasteiger partial charge on any atom is -0.345 e. The van der Waals surface area contributed by atoms with Gasteiger partial charge in [-0.2, -0.15) is 0 Å². The first-order valence-electron chi connectivity index (χ1n) is 7.53. The predicted molar refractivity (Wildman–Crippen MR) is 87.0 cm³/mol. The average molecular weight is 330 g/mol. The highest BCUT2D eigenvalue weighted by atomic mass is 35.5. The smallest absolute Gasteiger partial charge is 0.275 e. The summed E-state index contributed by atoms with van der Waals surface area (Å²) < 4.78 is 0. The van der Waals surface area contributed by atoms with Gasteiger partial charge in [-0.25, -0.2) is 0 Å². The predicted octanol–water partition coefficient (Wildman–Crippen LogP) is 2.49. The maximum absolute atomic E-state index is 12.2. The van der Waals surface area contributed by atoms with Crippen molar-refractivity contribution in [1.82, 2.24) is 5.32 Å². The van der Waals surface area contributed by atoms with Crippen LogP contribution in [0.3, 0.4) is 0 Å². The number of carbonyl (C=O) groups excluding carboxylic acids is 1. The van der Waals surface area contributed by atoms with E-state index in [4.69, 9.17) is 23.2 Å². The van der Waals surface area contributed by atoms with E-state index in [-0.39, 0.29) is 11.9 Å². The van der Waals surface area contributed by atoms with Gasteiger partial charge in [0.1, 0.15) is 0 Å². The van der Waals surface area contributed by atoms with Gasteiger partial charge in [-0.05, 0) is 37.5 Å². The van der Waals surface area contributed by atoms with Crippen molar-refractivity contribution >= 4 is 29.1 Å². The third-order valence-corrected chi connectivity index (χ3v) is 4.64. The molecule has 21 heavy (non-hydrogen) atoms. The monoisotopic (exact) mass is 329 g/mol. The Morgan fingerprint density at radius 2 is 2.24 bits per heavy atom. The van der Waals surface area contributed by atoms with E-state index in [2.05, 4.69) is 12.2 Å². The quantitative estimate of drug-likeness (QED) is 0.874. The third kappa shape index (κ3) is 4.87. The Bertz CT molecular complexity index is 507. The number of amides is 1. The van der Waals surface area contributed by atoms with Gasteiger partial charge < -0.3 is 10.2 Å². The number of carbonyl (C=O) groups is 1. The number of nitrogens with one attached hydrogen (secondary N) is 2. The van der Waals surface area contributed by atoms with Crippen molar-refractivity contribution in [2.45, 2.75) is 32.7 Å². The molecule has 0 radical (unpaired) electrons. The van der Waals surface area contributed by atoms with Gasteiger partial charge in [-0.1, -0.05) is 36.2 Å². The molecule has 1 aliphatic rings. The first-order chi connectivity index (χ1) is 9.95. The number of piperidine rings is 1. The minimum atomic E-state index is -0.108. The lowest BCUT2D eigenvalue weighted by Crippen LogP contribution is -3.14. The van der Waals surface area contributed by atoms with Crippen molar-refractivity contribution in [3.8, 4) is 0 Å². The molecule has 1 heterocycles. The first kappa shape index (κ1) is 16.6. The molecule has 1 fully saturated rings. The van der Waals surface area contributed by atoms with Crippen LogP contribution in [0, 0.1) is 5.92 Å². The highest BCUT2D eigenvalue weighted by molar-refractivity contribution is 6.35. The third-order valence-electron chi connectivity index (χ3n) is 4.08. The van der Waals surface area contributed by atoms with Crippen molar-refractivity contribution in [3.63, 3.8) is 0 Å². The van der Waals surface area contributed by atoms with Crippen LogP contribution in [0.1, 0.15) is 38.3 Å². The molecule has 1 aromatic rings. The molecule has 1 saturated heterocycles. The van der Waals surface area contributed by atoms with Crippen molar-refractivity contribution < 1.29 is 9.69 Å². The number of halogens is 2. The van der Waals surface area contributed by atoms with E-state index in [9.17, 15) is 4.79 Å². The lowest BCUT2D eigenvalue weighted by Gasteiger charge is -2.27. The van der Waals surface area contributed by atoms with E-state index in [1.54, 1.807) is 12.1 Å². The zero-order valence-corrected chi connectivity index (χ0v) is 14.1. The largest absolute Gasteiger partial charge is 0.345 e. The highest BCUT2D eigenvalue weighted by Crippen LogP contribution is 2.25. The Balaban J connectivity index is 1.89. The molecule has 3 atom stereocenters. The standard InChI is InChI=1S/C16H22Cl2N2O/c1-11-4-3-7-20(9-11)10-16(21)19-12(2)14-6-5-13(17)8-15(14)18/h5-6,8,11-12H,3-4,7,9-10H2,1-2H3,(H,19,21)/p+1/t11-,12-/m0/s1.